The van der Waals surface area contributed by atoms with Crippen molar-refractivity contribution in [3.05, 3.63) is 95.3 Å². The number of nitrogens with one attached hydrogen (secondary N) is 2. The first-order chi connectivity index (χ1) is 21.9. The molecule has 2 saturated heterocycles. The van der Waals surface area contributed by atoms with Gasteiger partial charge in [-0.1, -0.05) is 54.6 Å². The smallest absolute Gasteiger partial charge is 0.240 e. The molecule has 1 atom stereocenters. The number of anilines is 1. The van der Waals surface area contributed by atoms with Gasteiger partial charge in [0.25, 0.3) is 0 Å². The number of carbonyl (C=O) groups excluding carboxylic acids is 1. The van der Waals surface area contributed by atoms with Gasteiger partial charge in [-0.2, -0.15) is 0 Å². The Balaban J connectivity index is 1.04. The number of amidine groups is 1. The molecule has 1 unspecified atom stereocenters. The molecule has 0 saturated carbocycles. The van der Waals surface area contributed by atoms with E-state index in [9.17, 15) is 4.79 Å². The Morgan fingerprint density at radius 1 is 1.00 bits per heavy atom. The summed E-state index contributed by atoms with van der Waals surface area (Å²) in [6.07, 6.45) is 6.67. The molecule has 2 fully saturated rings. The highest BCUT2D eigenvalue weighted by molar-refractivity contribution is 5.96. The van der Waals surface area contributed by atoms with E-state index in [2.05, 4.69) is 56.1 Å². The molecule has 45 heavy (non-hydrogen) atoms. The zero-order valence-electron chi connectivity index (χ0n) is 26.6. The van der Waals surface area contributed by atoms with Crippen molar-refractivity contribution < 1.29 is 4.79 Å². The highest BCUT2D eigenvalue weighted by atomic mass is 16.2. The number of fused-ring (bicyclic) bond motifs is 1. The minimum absolute atomic E-state index is 0.0823. The number of nitrogens with zero attached hydrogens (tertiary/aromatic N) is 5. The van der Waals surface area contributed by atoms with Crippen LogP contribution in [0.4, 0.5) is 5.69 Å². The summed E-state index contributed by atoms with van der Waals surface area (Å²) in [6, 6.07) is 25.3. The third-order valence-electron chi connectivity index (χ3n) is 9.65. The van der Waals surface area contributed by atoms with Gasteiger partial charge in [0, 0.05) is 57.4 Å². The first kappa shape index (κ1) is 31.0. The summed E-state index contributed by atoms with van der Waals surface area (Å²) < 4.78 is 2.14. The summed E-state index contributed by atoms with van der Waals surface area (Å²) >= 11 is 0. The number of benzene rings is 3. The lowest BCUT2D eigenvalue weighted by atomic mass is 10.0. The lowest BCUT2D eigenvalue weighted by Gasteiger charge is -2.41. The third-order valence-corrected chi connectivity index (χ3v) is 9.65. The SMILES string of the molecule is CN(C(=O)CN1CCC(N(Cc2ccccc2)C2CCCN2)CC1)c1ccc2c(c1)nc(CCc1ccc(C(=N)N)cc1)n2C. The molecule has 0 aliphatic carbocycles. The molecular formula is C36H46N8O. The molecule has 2 aliphatic rings. The number of carbonyl (C=O) groups is 1. The Bertz CT molecular complexity index is 1600. The number of hydrogen-bond donors (Lipinski definition) is 3. The van der Waals surface area contributed by atoms with Crippen molar-refractivity contribution >= 4 is 28.5 Å². The number of amides is 1. The van der Waals surface area contributed by atoms with E-state index in [1.165, 1.54) is 24.0 Å². The van der Waals surface area contributed by atoms with Crippen LogP contribution in [0, 0.1) is 5.41 Å². The number of aromatic nitrogens is 2. The van der Waals surface area contributed by atoms with Crippen molar-refractivity contribution in [1.82, 2.24) is 24.7 Å². The van der Waals surface area contributed by atoms with E-state index < -0.39 is 0 Å². The Labute approximate surface area is 266 Å². The van der Waals surface area contributed by atoms with Crippen molar-refractivity contribution in [2.45, 2.75) is 57.3 Å². The van der Waals surface area contributed by atoms with Gasteiger partial charge in [0.2, 0.25) is 5.91 Å². The predicted octanol–water partition coefficient (Wildman–Crippen LogP) is 4.28. The normalized spacial score (nSPS) is 17.7. The predicted molar refractivity (Wildman–Crippen MR) is 181 cm³/mol. The number of piperidine rings is 1. The second kappa shape index (κ2) is 13.9. The summed E-state index contributed by atoms with van der Waals surface area (Å²) in [6.45, 7) is 4.36. The van der Waals surface area contributed by atoms with Gasteiger partial charge in [0.1, 0.15) is 11.7 Å². The average molecular weight is 607 g/mol. The fourth-order valence-electron chi connectivity index (χ4n) is 6.87. The minimum atomic E-state index is 0.0823. The second-order valence-electron chi connectivity index (χ2n) is 12.6. The standard InChI is InChI=1S/C36H46N8O/c1-41(30-15-16-32-31(23-30)40-34(42(32)2)17-12-26-10-13-28(14-11-26)36(37)38)35(45)25-43-21-18-29(19-22-43)44(33-9-6-20-39-33)24-27-7-4-3-5-8-27/h3-5,7-8,10-11,13-16,23,29,33,39H,6,9,12,17-22,24-25H2,1-2H3,(H3,37,38). The molecule has 9 heteroatoms. The van der Waals surface area contributed by atoms with Crippen molar-refractivity contribution in [3.63, 3.8) is 0 Å². The maximum atomic E-state index is 13.4. The van der Waals surface area contributed by atoms with Crippen molar-refractivity contribution in [2.75, 3.05) is 38.1 Å². The highest BCUT2D eigenvalue weighted by Gasteiger charge is 2.32. The maximum absolute atomic E-state index is 13.4. The molecule has 9 nitrogen and oxygen atoms in total. The van der Waals surface area contributed by atoms with E-state index >= 15 is 0 Å². The Hall–Kier alpha value is -4.05. The molecule has 6 rings (SSSR count). The molecular weight excluding hydrogens is 560 g/mol. The van der Waals surface area contributed by atoms with Crippen LogP contribution in [0.2, 0.25) is 0 Å². The van der Waals surface area contributed by atoms with Gasteiger partial charge in [-0.15, -0.1) is 0 Å². The molecule has 0 bridgehead atoms. The van der Waals surface area contributed by atoms with Crippen LogP contribution in [0.25, 0.3) is 11.0 Å². The van der Waals surface area contributed by atoms with Gasteiger partial charge in [0.05, 0.1) is 23.7 Å². The molecule has 1 amide bonds. The number of nitrogens with two attached hydrogens (primary N) is 1. The maximum Gasteiger partial charge on any atom is 0.240 e. The second-order valence-corrected chi connectivity index (χ2v) is 12.6. The van der Waals surface area contributed by atoms with E-state index in [0.29, 0.717) is 18.8 Å². The quantitative estimate of drug-likeness (QED) is 0.174. The van der Waals surface area contributed by atoms with Gasteiger partial charge in [-0.05, 0) is 68.0 Å². The summed E-state index contributed by atoms with van der Waals surface area (Å²) in [4.78, 5) is 25.1. The molecule has 1 aromatic heterocycles. The summed E-state index contributed by atoms with van der Waals surface area (Å²) in [5.41, 5.74) is 11.7. The molecule has 3 heterocycles. The van der Waals surface area contributed by atoms with Crippen molar-refractivity contribution in [1.29, 1.82) is 5.41 Å². The Morgan fingerprint density at radius 2 is 1.76 bits per heavy atom. The van der Waals surface area contributed by atoms with Crippen LogP contribution in [0.1, 0.15) is 48.2 Å². The molecule has 0 radical (unpaired) electrons. The van der Waals surface area contributed by atoms with E-state index in [0.717, 1.165) is 80.0 Å². The largest absolute Gasteiger partial charge is 0.384 e. The lowest BCUT2D eigenvalue weighted by molar-refractivity contribution is -0.119. The number of hydrogen-bond acceptors (Lipinski definition) is 6. The zero-order chi connectivity index (χ0) is 31.3. The molecule has 2 aliphatic heterocycles. The number of likely N-dealkylation sites (N-methyl/N-ethyl adjacent to an activating group) is 1. The number of imidazole rings is 1. The third kappa shape index (κ3) is 7.27. The zero-order valence-corrected chi connectivity index (χ0v) is 26.6. The van der Waals surface area contributed by atoms with Crippen LogP contribution >= 0.6 is 0 Å². The van der Waals surface area contributed by atoms with Gasteiger partial charge < -0.3 is 20.5 Å². The molecule has 3 aromatic carbocycles. The summed E-state index contributed by atoms with van der Waals surface area (Å²) in [5, 5.41) is 11.3. The minimum Gasteiger partial charge on any atom is -0.384 e. The Morgan fingerprint density at radius 3 is 2.44 bits per heavy atom. The van der Waals surface area contributed by atoms with Gasteiger partial charge in [-0.3, -0.25) is 20.0 Å². The molecule has 236 valence electrons. The Kier molecular flexibility index (Phi) is 9.59. The van der Waals surface area contributed by atoms with Crippen molar-refractivity contribution in [2.24, 2.45) is 12.8 Å². The highest BCUT2D eigenvalue weighted by Crippen LogP contribution is 2.26. The van der Waals surface area contributed by atoms with Crippen LogP contribution in [0.5, 0.6) is 0 Å². The number of aryl methyl sites for hydroxylation is 3. The number of rotatable bonds is 11. The van der Waals surface area contributed by atoms with Crippen molar-refractivity contribution in [3.8, 4) is 0 Å². The lowest BCUT2D eigenvalue weighted by Crippen LogP contribution is -2.52. The number of nitrogen functional groups attached to an aromatic ring is 1. The van der Waals surface area contributed by atoms with Crippen LogP contribution in [0.3, 0.4) is 0 Å². The fourth-order valence-corrected chi connectivity index (χ4v) is 6.87. The molecule has 0 spiro atoms. The monoisotopic (exact) mass is 606 g/mol. The average Bonchev–Trinajstić information content (AvgIpc) is 3.71. The first-order valence-electron chi connectivity index (χ1n) is 16.3. The topological polar surface area (TPSA) is 107 Å². The molecule has 4 N–H and O–H groups in total. The van der Waals surface area contributed by atoms with E-state index in [-0.39, 0.29) is 11.7 Å². The van der Waals surface area contributed by atoms with E-state index in [1.807, 2.05) is 50.5 Å². The summed E-state index contributed by atoms with van der Waals surface area (Å²) in [5.74, 6) is 1.19. The number of likely N-dealkylation sites (tertiary alicyclic amines) is 1. The van der Waals surface area contributed by atoms with Gasteiger partial charge in [-0.25, -0.2) is 4.98 Å². The van der Waals surface area contributed by atoms with E-state index in [1.54, 1.807) is 4.90 Å². The van der Waals surface area contributed by atoms with Crippen LogP contribution < -0.4 is 16.0 Å². The first-order valence-corrected chi connectivity index (χ1v) is 16.3. The van der Waals surface area contributed by atoms with Crippen LogP contribution in [-0.4, -0.2) is 76.5 Å². The van der Waals surface area contributed by atoms with Gasteiger partial charge in [0.15, 0.2) is 0 Å². The van der Waals surface area contributed by atoms with Crippen LogP contribution in [0.15, 0.2) is 72.8 Å². The molecule has 4 aromatic rings. The summed E-state index contributed by atoms with van der Waals surface area (Å²) in [7, 11) is 3.92. The van der Waals surface area contributed by atoms with E-state index in [4.69, 9.17) is 16.1 Å². The fraction of sp³-hybridized carbons (Fsp3) is 0.417. The van der Waals surface area contributed by atoms with Gasteiger partial charge >= 0.3 is 0 Å². The van der Waals surface area contributed by atoms with Crippen LogP contribution in [-0.2, 0) is 31.2 Å².